The van der Waals surface area contributed by atoms with E-state index in [9.17, 15) is 0 Å². The molecule has 0 aliphatic heterocycles. The van der Waals surface area contributed by atoms with Crippen LogP contribution < -0.4 is 5.32 Å². The van der Waals surface area contributed by atoms with Gasteiger partial charge in [0.25, 0.3) is 0 Å². The average Bonchev–Trinajstić information content (AvgIpc) is 3.27. The van der Waals surface area contributed by atoms with E-state index in [-0.39, 0.29) is 0 Å². The summed E-state index contributed by atoms with van der Waals surface area (Å²) in [5, 5.41) is 3.47. The van der Waals surface area contributed by atoms with Crippen LogP contribution in [-0.2, 0) is 6.54 Å². The van der Waals surface area contributed by atoms with Gasteiger partial charge in [0, 0.05) is 19.2 Å². The SMILES string of the molecule is Cc1nc2cc(NCc3cccc(C4CC4)c3)ccc2o1. The van der Waals surface area contributed by atoms with E-state index in [4.69, 9.17) is 4.42 Å². The molecule has 1 N–H and O–H groups in total. The van der Waals surface area contributed by atoms with Gasteiger partial charge >= 0.3 is 0 Å². The molecule has 2 aromatic carbocycles. The number of anilines is 1. The number of aromatic nitrogens is 1. The Balaban J connectivity index is 1.50. The molecule has 3 aromatic rings. The highest BCUT2D eigenvalue weighted by atomic mass is 16.3. The van der Waals surface area contributed by atoms with Crippen molar-refractivity contribution in [3.63, 3.8) is 0 Å². The lowest BCUT2D eigenvalue weighted by Crippen LogP contribution is -1.99. The van der Waals surface area contributed by atoms with Crippen molar-refractivity contribution in [2.24, 2.45) is 0 Å². The lowest BCUT2D eigenvalue weighted by molar-refractivity contribution is 0.561. The maximum atomic E-state index is 5.50. The van der Waals surface area contributed by atoms with E-state index in [2.05, 4.69) is 34.6 Å². The average molecular weight is 278 g/mol. The van der Waals surface area contributed by atoms with Crippen LogP contribution in [0, 0.1) is 6.92 Å². The molecule has 0 amide bonds. The molecule has 1 heterocycles. The van der Waals surface area contributed by atoms with Crippen molar-refractivity contribution < 1.29 is 4.42 Å². The van der Waals surface area contributed by atoms with Crippen LogP contribution in [0.4, 0.5) is 5.69 Å². The van der Waals surface area contributed by atoms with Gasteiger partial charge in [-0.3, -0.25) is 0 Å². The molecule has 0 radical (unpaired) electrons. The van der Waals surface area contributed by atoms with Gasteiger partial charge in [-0.1, -0.05) is 24.3 Å². The van der Waals surface area contributed by atoms with Crippen LogP contribution in [0.25, 0.3) is 11.1 Å². The van der Waals surface area contributed by atoms with Crippen LogP contribution in [-0.4, -0.2) is 4.98 Å². The summed E-state index contributed by atoms with van der Waals surface area (Å²) in [6, 6.07) is 15.0. The molecule has 4 rings (SSSR count). The predicted molar refractivity (Wildman–Crippen MR) is 84.5 cm³/mol. The Bertz CT molecular complexity index is 787. The number of hydrogen-bond acceptors (Lipinski definition) is 3. The summed E-state index contributed by atoms with van der Waals surface area (Å²) in [7, 11) is 0. The van der Waals surface area contributed by atoms with Crippen molar-refractivity contribution in [1.82, 2.24) is 4.98 Å². The fourth-order valence-electron chi connectivity index (χ4n) is 2.73. The van der Waals surface area contributed by atoms with Crippen molar-refractivity contribution >= 4 is 16.8 Å². The fraction of sp³-hybridized carbons (Fsp3) is 0.278. The highest BCUT2D eigenvalue weighted by molar-refractivity contribution is 5.77. The monoisotopic (exact) mass is 278 g/mol. The van der Waals surface area contributed by atoms with Gasteiger partial charge in [-0.15, -0.1) is 0 Å². The molecule has 106 valence electrons. The van der Waals surface area contributed by atoms with Gasteiger partial charge in [0.15, 0.2) is 11.5 Å². The Labute approximate surface area is 124 Å². The maximum absolute atomic E-state index is 5.50. The molecule has 1 aromatic heterocycles. The van der Waals surface area contributed by atoms with Crippen LogP contribution in [0.15, 0.2) is 46.9 Å². The fourth-order valence-corrected chi connectivity index (χ4v) is 2.73. The Hall–Kier alpha value is -2.29. The quantitative estimate of drug-likeness (QED) is 0.756. The maximum Gasteiger partial charge on any atom is 0.192 e. The van der Waals surface area contributed by atoms with Crippen LogP contribution >= 0.6 is 0 Å². The van der Waals surface area contributed by atoms with Crippen molar-refractivity contribution in [3.8, 4) is 0 Å². The van der Waals surface area contributed by atoms with Gasteiger partial charge in [-0.05, 0) is 48.1 Å². The summed E-state index contributed by atoms with van der Waals surface area (Å²) in [6.07, 6.45) is 2.69. The van der Waals surface area contributed by atoms with E-state index in [1.165, 1.54) is 24.0 Å². The van der Waals surface area contributed by atoms with Crippen molar-refractivity contribution in [2.45, 2.75) is 32.2 Å². The first kappa shape index (κ1) is 12.5. The largest absolute Gasteiger partial charge is 0.441 e. The predicted octanol–water partition coefficient (Wildman–Crippen LogP) is 4.63. The lowest BCUT2D eigenvalue weighted by atomic mass is 10.1. The number of fused-ring (bicyclic) bond motifs is 1. The minimum Gasteiger partial charge on any atom is -0.441 e. The molecule has 0 bridgehead atoms. The van der Waals surface area contributed by atoms with Crippen LogP contribution in [0.5, 0.6) is 0 Å². The zero-order valence-electron chi connectivity index (χ0n) is 12.1. The van der Waals surface area contributed by atoms with E-state index < -0.39 is 0 Å². The molecule has 1 aliphatic rings. The number of hydrogen-bond donors (Lipinski definition) is 1. The second-order valence-corrected chi connectivity index (χ2v) is 5.79. The third-order valence-corrected chi connectivity index (χ3v) is 3.99. The second-order valence-electron chi connectivity index (χ2n) is 5.79. The highest BCUT2D eigenvalue weighted by Crippen LogP contribution is 2.40. The Kier molecular flexibility index (Phi) is 2.92. The van der Waals surface area contributed by atoms with Gasteiger partial charge in [-0.2, -0.15) is 0 Å². The number of oxazole rings is 1. The number of benzene rings is 2. The molecule has 0 atom stereocenters. The number of nitrogens with one attached hydrogen (secondary N) is 1. The summed E-state index contributed by atoms with van der Waals surface area (Å²) < 4.78 is 5.50. The van der Waals surface area contributed by atoms with Gasteiger partial charge in [0.05, 0.1) is 0 Å². The topological polar surface area (TPSA) is 38.1 Å². The Morgan fingerprint density at radius 3 is 2.95 bits per heavy atom. The van der Waals surface area contributed by atoms with Crippen molar-refractivity contribution in [3.05, 3.63) is 59.5 Å². The Morgan fingerprint density at radius 1 is 1.19 bits per heavy atom. The van der Waals surface area contributed by atoms with Crippen molar-refractivity contribution in [2.75, 3.05) is 5.32 Å². The highest BCUT2D eigenvalue weighted by Gasteiger charge is 2.23. The number of rotatable bonds is 4. The standard InChI is InChI=1S/C18H18N2O/c1-12-20-17-10-16(7-8-18(17)21-12)19-11-13-3-2-4-15(9-13)14-5-6-14/h2-4,7-10,14,19H,5-6,11H2,1H3. The molecular formula is C18H18N2O. The van der Waals surface area contributed by atoms with Gasteiger partial charge in [-0.25, -0.2) is 4.98 Å². The summed E-state index contributed by atoms with van der Waals surface area (Å²) in [5.74, 6) is 1.51. The second kappa shape index (κ2) is 4.92. The molecule has 1 fully saturated rings. The smallest absolute Gasteiger partial charge is 0.192 e. The first-order chi connectivity index (χ1) is 10.3. The molecule has 3 nitrogen and oxygen atoms in total. The van der Waals surface area contributed by atoms with E-state index in [1.807, 2.05) is 25.1 Å². The van der Waals surface area contributed by atoms with Crippen LogP contribution in [0.1, 0.15) is 35.8 Å². The van der Waals surface area contributed by atoms with Crippen LogP contribution in [0.3, 0.4) is 0 Å². The third-order valence-electron chi connectivity index (χ3n) is 3.99. The summed E-state index contributed by atoms with van der Waals surface area (Å²) in [4.78, 5) is 4.37. The zero-order valence-corrected chi connectivity index (χ0v) is 12.1. The lowest BCUT2D eigenvalue weighted by Gasteiger charge is -2.08. The number of nitrogens with zero attached hydrogens (tertiary/aromatic N) is 1. The molecule has 0 unspecified atom stereocenters. The first-order valence-electron chi connectivity index (χ1n) is 7.48. The van der Waals surface area contributed by atoms with Gasteiger partial charge in [0.2, 0.25) is 0 Å². The van der Waals surface area contributed by atoms with Crippen LogP contribution in [0.2, 0.25) is 0 Å². The normalized spacial score (nSPS) is 14.5. The molecule has 0 spiro atoms. The third kappa shape index (κ3) is 2.64. The molecule has 1 saturated carbocycles. The first-order valence-corrected chi connectivity index (χ1v) is 7.48. The zero-order chi connectivity index (χ0) is 14.2. The van der Waals surface area contributed by atoms with E-state index in [1.54, 1.807) is 0 Å². The van der Waals surface area contributed by atoms with Gasteiger partial charge in [0.1, 0.15) is 5.52 Å². The van der Waals surface area contributed by atoms with Gasteiger partial charge < -0.3 is 9.73 Å². The summed E-state index contributed by atoms with van der Waals surface area (Å²) >= 11 is 0. The summed E-state index contributed by atoms with van der Waals surface area (Å²) in [5.41, 5.74) is 5.64. The van der Waals surface area contributed by atoms with Crippen molar-refractivity contribution in [1.29, 1.82) is 0 Å². The minimum absolute atomic E-state index is 0.708. The Morgan fingerprint density at radius 2 is 2.10 bits per heavy atom. The molecule has 3 heteroatoms. The molecule has 21 heavy (non-hydrogen) atoms. The van der Waals surface area contributed by atoms with E-state index in [0.29, 0.717) is 5.89 Å². The molecule has 0 saturated heterocycles. The molecular weight excluding hydrogens is 260 g/mol. The minimum atomic E-state index is 0.708. The summed E-state index contributed by atoms with van der Waals surface area (Å²) in [6.45, 7) is 2.71. The number of aryl methyl sites for hydroxylation is 1. The van der Waals surface area contributed by atoms with E-state index in [0.717, 1.165) is 29.2 Å². The molecule has 1 aliphatic carbocycles. The van der Waals surface area contributed by atoms with E-state index >= 15 is 0 Å².